The molecule has 2 aromatic rings. The van der Waals surface area contributed by atoms with Gasteiger partial charge in [0, 0.05) is 27.2 Å². The van der Waals surface area contributed by atoms with Gasteiger partial charge in [0.15, 0.2) is 0 Å². The Bertz CT molecular complexity index is 524. The van der Waals surface area contributed by atoms with Gasteiger partial charge in [-0.15, -0.1) is 11.3 Å². The lowest BCUT2D eigenvalue weighted by Crippen LogP contribution is -2.23. The third-order valence-electron chi connectivity index (χ3n) is 3.19. The first-order valence-electron chi connectivity index (χ1n) is 6.83. The smallest absolute Gasteiger partial charge is 0.118 e. The number of hydrogen-bond donors (Lipinski definition) is 1. The number of rotatable bonds is 7. The van der Waals surface area contributed by atoms with E-state index in [2.05, 4.69) is 51.7 Å². The summed E-state index contributed by atoms with van der Waals surface area (Å²) in [5, 5.41) is 5.77. The minimum Gasteiger partial charge on any atom is -0.497 e. The molecule has 0 amide bonds. The summed E-state index contributed by atoms with van der Waals surface area (Å²) in [5.41, 5.74) is 1.31. The molecule has 4 heteroatoms. The van der Waals surface area contributed by atoms with E-state index in [4.69, 9.17) is 4.74 Å². The highest BCUT2D eigenvalue weighted by Crippen LogP contribution is 2.26. The first-order chi connectivity index (χ1) is 9.72. The van der Waals surface area contributed by atoms with E-state index in [0.717, 1.165) is 25.1 Å². The molecule has 0 aliphatic carbocycles. The second-order valence-corrected chi connectivity index (χ2v) is 6.63. The molecule has 1 atom stereocenters. The van der Waals surface area contributed by atoms with Crippen LogP contribution in [0, 0.1) is 0 Å². The van der Waals surface area contributed by atoms with Crippen molar-refractivity contribution in [3.05, 3.63) is 50.6 Å². The van der Waals surface area contributed by atoms with Crippen LogP contribution in [-0.2, 0) is 6.42 Å². The van der Waals surface area contributed by atoms with E-state index < -0.39 is 0 Å². The van der Waals surface area contributed by atoms with Gasteiger partial charge in [-0.3, -0.25) is 0 Å². The van der Waals surface area contributed by atoms with E-state index in [9.17, 15) is 0 Å². The van der Waals surface area contributed by atoms with E-state index in [1.165, 1.54) is 14.9 Å². The molecule has 0 saturated carbocycles. The van der Waals surface area contributed by atoms with Gasteiger partial charge in [-0.2, -0.15) is 0 Å². The molecule has 0 aliphatic heterocycles. The molecule has 2 nitrogen and oxygen atoms in total. The molecule has 1 aromatic carbocycles. The standard InChI is InChI=1S/C16H20BrNOS/c1-3-8-18-16(10-15-9-13(17)11-20-15)12-4-6-14(19-2)7-5-12/h4-7,9,11,16,18H,3,8,10H2,1-2H3. The minimum atomic E-state index is 0.353. The van der Waals surface area contributed by atoms with E-state index in [1.807, 2.05) is 12.1 Å². The Morgan fingerprint density at radius 1 is 1.30 bits per heavy atom. The van der Waals surface area contributed by atoms with Crippen LogP contribution in [0.1, 0.15) is 29.8 Å². The topological polar surface area (TPSA) is 21.3 Å². The Kier molecular flexibility index (Phi) is 6.07. The van der Waals surface area contributed by atoms with Gasteiger partial charge in [0.1, 0.15) is 5.75 Å². The quantitative estimate of drug-likeness (QED) is 0.771. The van der Waals surface area contributed by atoms with Crippen molar-refractivity contribution in [3.63, 3.8) is 0 Å². The summed E-state index contributed by atoms with van der Waals surface area (Å²) >= 11 is 5.33. The number of thiophene rings is 1. The maximum Gasteiger partial charge on any atom is 0.118 e. The molecule has 1 unspecified atom stereocenters. The Morgan fingerprint density at radius 3 is 2.60 bits per heavy atom. The second-order valence-electron chi connectivity index (χ2n) is 4.72. The maximum atomic E-state index is 5.23. The monoisotopic (exact) mass is 353 g/mol. The fourth-order valence-corrected chi connectivity index (χ4v) is 3.62. The molecule has 0 bridgehead atoms. The largest absolute Gasteiger partial charge is 0.497 e. The first-order valence-corrected chi connectivity index (χ1v) is 8.50. The number of nitrogens with one attached hydrogen (secondary N) is 1. The average molecular weight is 354 g/mol. The van der Waals surface area contributed by atoms with Gasteiger partial charge >= 0.3 is 0 Å². The summed E-state index contributed by atoms with van der Waals surface area (Å²) in [6.45, 7) is 3.23. The van der Waals surface area contributed by atoms with Crippen molar-refractivity contribution in [2.45, 2.75) is 25.8 Å². The van der Waals surface area contributed by atoms with Crippen LogP contribution in [0.4, 0.5) is 0 Å². The zero-order chi connectivity index (χ0) is 14.4. The van der Waals surface area contributed by atoms with Gasteiger partial charge in [0.25, 0.3) is 0 Å². The Balaban J connectivity index is 2.12. The number of methoxy groups -OCH3 is 1. The van der Waals surface area contributed by atoms with Gasteiger partial charge in [-0.1, -0.05) is 19.1 Å². The van der Waals surface area contributed by atoms with E-state index >= 15 is 0 Å². The summed E-state index contributed by atoms with van der Waals surface area (Å²) in [4.78, 5) is 1.39. The highest BCUT2D eigenvalue weighted by Gasteiger charge is 2.13. The van der Waals surface area contributed by atoms with Crippen LogP contribution < -0.4 is 10.1 Å². The lowest BCUT2D eigenvalue weighted by molar-refractivity contribution is 0.414. The minimum absolute atomic E-state index is 0.353. The molecular weight excluding hydrogens is 334 g/mol. The van der Waals surface area contributed by atoms with Crippen LogP contribution in [-0.4, -0.2) is 13.7 Å². The Labute approximate surface area is 133 Å². The molecule has 1 N–H and O–H groups in total. The molecule has 0 radical (unpaired) electrons. The van der Waals surface area contributed by atoms with Gasteiger partial charge in [-0.25, -0.2) is 0 Å². The van der Waals surface area contributed by atoms with Crippen molar-refractivity contribution in [1.29, 1.82) is 0 Å². The van der Waals surface area contributed by atoms with Gasteiger partial charge < -0.3 is 10.1 Å². The zero-order valence-corrected chi connectivity index (χ0v) is 14.3. The molecular formula is C16H20BrNOS. The van der Waals surface area contributed by atoms with Crippen molar-refractivity contribution in [1.82, 2.24) is 5.32 Å². The number of ether oxygens (including phenoxy) is 1. The molecule has 0 spiro atoms. The van der Waals surface area contributed by atoms with E-state index in [-0.39, 0.29) is 0 Å². The van der Waals surface area contributed by atoms with Crippen LogP contribution in [0.15, 0.2) is 40.2 Å². The predicted octanol–water partition coefficient (Wildman–Crippen LogP) is 4.80. The van der Waals surface area contributed by atoms with Crippen LogP contribution in [0.5, 0.6) is 5.75 Å². The molecule has 2 rings (SSSR count). The van der Waals surface area contributed by atoms with E-state index in [0.29, 0.717) is 6.04 Å². The van der Waals surface area contributed by atoms with Crippen molar-refractivity contribution >= 4 is 27.3 Å². The Hall–Kier alpha value is -0.840. The fourth-order valence-electron chi connectivity index (χ4n) is 2.12. The van der Waals surface area contributed by atoms with Gasteiger partial charge in [-0.05, 0) is 52.7 Å². The van der Waals surface area contributed by atoms with Crippen molar-refractivity contribution in [2.24, 2.45) is 0 Å². The molecule has 1 heterocycles. The van der Waals surface area contributed by atoms with Crippen molar-refractivity contribution in [3.8, 4) is 5.75 Å². The van der Waals surface area contributed by atoms with Crippen molar-refractivity contribution < 1.29 is 4.74 Å². The third-order valence-corrected chi connectivity index (χ3v) is 4.91. The number of halogens is 1. The highest BCUT2D eigenvalue weighted by molar-refractivity contribution is 9.10. The average Bonchev–Trinajstić information content (AvgIpc) is 2.89. The third kappa shape index (κ3) is 4.33. The second kappa shape index (κ2) is 7.81. The molecule has 108 valence electrons. The molecule has 1 aromatic heterocycles. The summed E-state index contributed by atoms with van der Waals surface area (Å²) in [7, 11) is 1.70. The SMILES string of the molecule is CCCNC(Cc1cc(Br)cs1)c1ccc(OC)cc1. The normalized spacial score (nSPS) is 12.3. The lowest BCUT2D eigenvalue weighted by Gasteiger charge is -2.18. The Morgan fingerprint density at radius 2 is 2.05 bits per heavy atom. The summed E-state index contributed by atoms with van der Waals surface area (Å²) in [6, 6.07) is 10.9. The summed E-state index contributed by atoms with van der Waals surface area (Å²) in [5.74, 6) is 0.904. The zero-order valence-electron chi connectivity index (χ0n) is 11.9. The lowest BCUT2D eigenvalue weighted by atomic mass is 10.0. The van der Waals surface area contributed by atoms with Crippen LogP contribution in [0.2, 0.25) is 0 Å². The van der Waals surface area contributed by atoms with Crippen LogP contribution >= 0.6 is 27.3 Å². The fraction of sp³-hybridized carbons (Fsp3) is 0.375. The van der Waals surface area contributed by atoms with Crippen LogP contribution in [0.25, 0.3) is 0 Å². The predicted molar refractivity (Wildman–Crippen MR) is 89.8 cm³/mol. The molecule has 0 fully saturated rings. The highest BCUT2D eigenvalue weighted by atomic mass is 79.9. The van der Waals surface area contributed by atoms with Crippen LogP contribution in [0.3, 0.4) is 0 Å². The van der Waals surface area contributed by atoms with Gasteiger partial charge in [0.05, 0.1) is 7.11 Å². The summed E-state index contributed by atoms with van der Waals surface area (Å²) in [6.07, 6.45) is 2.16. The van der Waals surface area contributed by atoms with Crippen molar-refractivity contribution in [2.75, 3.05) is 13.7 Å². The maximum absolute atomic E-state index is 5.23. The molecule has 0 aliphatic rings. The molecule has 0 saturated heterocycles. The summed E-state index contributed by atoms with van der Waals surface area (Å²) < 4.78 is 6.40. The number of hydrogen-bond acceptors (Lipinski definition) is 3. The molecule has 20 heavy (non-hydrogen) atoms. The van der Waals surface area contributed by atoms with E-state index in [1.54, 1.807) is 18.4 Å². The number of benzene rings is 1. The first kappa shape index (κ1) is 15.5. The van der Waals surface area contributed by atoms with Gasteiger partial charge in [0.2, 0.25) is 0 Å².